The molecule has 0 aliphatic carbocycles. The van der Waals surface area contributed by atoms with Crippen molar-refractivity contribution >= 4 is 44.9 Å². The minimum absolute atomic E-state index is 0.127. The first-order chi connectivity index (χ1) is 12.0. The van der Waals surface area contributed by atoms with Crippen LogP contribution < -0.4 is 10.6 Å². The molecule has 2 aromatic carbocycles. The SMILES string of the molecule is Cc1nc(NC(=O)Nc2cccc3ccccc23)sc1C(=O)N(C)C. The normalized spacial score (nSPS) is 10.5. The highest BCUT2D eigenvalue weighted by molar-refractivity contribution is 7.17. The number of benzene rings is 2. The van der Waals surface area contributed by atoms with Crippen molar-refractivity contribution in [2.24, 2.45) is 0 Å². The van der Waals surface area contributed by atoms with Crippen LogP contribution in [0, 0.1) is 6.92 Å². The lowest BCUT2D eigenvalue weighted by Gasteiger charge is -2.09. The van der Waals surface area contributed by atoms with Crippen LogP contribution in [0.1, 0.15) is 15.4 Å². The summed E-state index contributed by atoms with van der Waals surface area (Å²) in [7, 11) is 3.36. The van der Waals surface area contributed by atoms with E-state index in [1.165, 1.54) is 4.90 Å². The van der Waals surface area contributed by atoms with Gasteiger partial charge in [0.15, 0.2) is 5.13 Å². The van der Waals surface area contributed by atoms with E-state index in [2.05, 4.69) is 15.6 Å². The van der Waals surface area contributed by atoms with Crippen molar-refractivity contribution in [3.05, 3.63) is 53.0 Å². The number of hydrogen-bond acceptors (Lipinski definition) is 4. The number of rotatable bonds is 3. The van der Waals surface area contributed by atoms with Crippen LogP contribution in [0.25, 0.3) is 10.8 Å². The van der Waals surface area contributed by atoms with Gasteiger partial charge in [0.05, 0.1) is 11.4 Å². The number of amides is 3. The summed E-state index contributed by atoms with van der Waals surface area (Å²) in [4.78, 5) is 30.6. The predicted octanol–water partition coefficient (Wildman–Crippen LogP) is 3.95. The number of carbonyl (C=O) groups excluding carboxylic acids is 2. The molecule has 1 heterocycles. The molecule has 3 rings (SSSR count). The molecule has 0 saturated heterocycles. The minimum atomic E-state index is -0.394. The Bertz CT molecular complexity index is 944. The highest BCUT2D eigenvalue weighted by Crippen LogP contribution is 2.25. The van der Waals surface area contributed by atoms with Crippen LogP contribution >= 0.6 is 11.3 Å². The number of thiazole rings is 1. The quantitative estimate of drug-likeness (QED) is 0.748. The smallest absolute Gasteiger partial charge is 0.325 e. The molecule has 25 heavy (non-hydrogen) atoms. The van der Waals surface area contributed by atoms with Gasteiger partial charge >= 0.3 is 6.03 Å². The van der Waals surface area contributed by atoms with E-state index in [4.69, 9.17) is 0 Å². The van der Waals surface area contributed by atoms with Gasteiger partial charge in [-0.25, -0.2) is 9.78 Å². The van der Waals surface area contributed by atoms with Gasteiger partial charge in [0.2, 0.25) is 0 Å². The second-order valence-electron chi connectivity index (χ2n) is 5.74. The summed E-state index contributed by atoms with van der Waals surface area (Å²) in [5, 5.41) is 7.92. The topological polar surface area (TPSA) is 74.3 Å². The van der Waals surface area contributed by atoms with Crippen LogP contribution in [0.4, 0.5) is 15.6 Å². The van der Waals surface area contributed by atoms with E-state index in [-0.39, 0.29) is 5.91 Å². The molecule has 0 spiro atoms. The number of carbonyl (C=O) groups is 2. The Morgan fingerprint density at radius 3 is 2.52 bits per heavy atom. The number of fused-ring (bicyclic) bond motifs is 1. The van der Waals surface area contributed by atoms with E-state index < -0.39 is 6.03 Å². The zero-order valence-corrected chi connectivity index (χ0v) is 15.0. The maximum Gasteiger partial charge on any atom is 0.325 e. The third-order valence-electron chi connectivity index (χ3n) is 3.66. The Morgan fingerprint density at radius 2 is 1.76 bits per heavy atom. The molecule has 2 N–H and O–H groups in total. The van der Waals surface area contributed by atoms with Gasteiger partial charge in [-0.05, 0) is 18.4 Å². The van der Waals surface area contributed by atoms with Crippen LogP contribution in [0.2, 0.25) is 0 Å². The standard InChI is InChI=1S/C18H18N4O2S/c1-11-15(16(23)22(2)3)25-18(19-11)21-17(24)20-14-10-6-8-12-7-4-5-9-13(12)14/h4-10H,1-3H3,(H2,19,20,21,24). The first kappa shape index (κ1) is 16.9. The molecule has 128 valence electrons. The molecule has 3 aromatic rings. The van der Waals surface area contributed by atoms with E-state index in [1.807, 2.05) is 42.5 Å². The summed E-state index contributed by atoms with van der Waals surface area (Å²) in [5.41, 5.74) is 1.32. The molecule has 3 amide bonds. The van der Waals surface area contributed by atoms with Crippen LogP contribution in [0.15, 0.2) is 42.5 Å². The Morgan fingerprint density at radius 1 is 1.04 bits per heavy atom. The molecule has 0 saturated carbocycles. The minimum Gasteiger partial charge on any atom is -0.344 e. The van der Waals surface area contributed by atoms with Gasteiger partial charge in [-0.1, -0.05) is 47.7 Å². The number of nitrogens with zero attached hydrogens (tertiary/aromatic N) is 2. The summed E-state index contributed by atoms with van der Waals surface area (Å²) >= 11 is 1.16. The summed E-state index contributed by atoms with van der Waals surface area (Å²) < 4.78 is 0. The second-order valence-corrected chi connectivity index (χ2v) is 6.74. The first-order valence-corrected chi connectivity index (χ1v) is 8.52. The Kier molecular flexibility index (Phi) is 4.67. The first-order valence-electron chi connectivity index (χ1n) is 7.70. The second kappa shape index (κ2) is 6.90. The average molecular weight is 354 g/mol. The Labute approximate surface area is 149 Å². The van der Waals surface area contributed by atoms with Crippen molar-refractivity contribution in [3.8, 4) is 0 Å². The zero-order valence-electron chi connectivity index (χ0n) is 14.2. The average Bonchev–Trinajstić information content (AvgIpc) is 2.94. The summed E-state index contributed by atoms with van der Waals surface area (Å²) in [6.45, 7) is 1.75. The molecule has 0 bridgehead atoms. The largest absolute Gasteiger partial charge is 0.344 e. The van der Waals surface area contributed by atoms with E-state index in [9.17, 15) is 9.59 Å². The molecule has 6 nitrogen and oxygen atoms in total. The summed E-state index contributed by atoms with van der Waals surface area (Å²) in [6.07, 6.45) is 0. The van der Waals surface area contributed by atoms with Crippen molar-refractivity contribution in [3.63, 3.8) is 0 Å². The fourth-order valence-corrected chi connectivity index (χ4v) is 3.42. The predicted molar refractivity (Wildman–Crippen MR) is 101 cm³/mol. The Balaban J connectivity index is 1.77. The number of nitrogens with one attached hydrogen (secondary N) is 2. The van der Waals surface area contributed by atoms with Crippen LogP contribution in [0.3, 0.4) is 0 Å². The van der Waals surface area contributed by atoms with Gasteiger partial charge in [0.25, 0.3) is 5.91 Å². The van der Waals surface area contributed by atoms with Crippen molar-refractivity contribution in [1.82, 2.24) is 9.88 Å². The van der Waals surface area contributed by atoms with Crippen LogP contribution in [-0.2, 0) is 0 Å². The van der Waals surface area contributed by atoms with Gasteiger partial charge in [-0.3, -0.25) is 10.1 Å². The molecule has 0 aliphatic heterocycles. The number of aryl methyl sites for hydroxylation is 1. The van der Waals surface area contributed by atoms with Gasteiger partial charge in [-0.2, -0.15) is 0 Å². The van der Waals surface area contributed by atoms with E-state index >= 15 is 0 Å². The number of urea groups is 1. The monoisotopic (exact) mass is 354 g/mol. The van der Waals surface area contributed by atoms with Gasteiger partial charge in [-0.15, -0.1) is 0 Å². The molecule has 0 radical (unpaired) electrons. The summed E-state index contributed by atoms with van der Waals surface area (Å²) in [5.74, 6) is -0.127. The fraction of sp³-hybridized carbons (Fsp3) is 0.167. The van der Waals surface area contributed by atoms with Crippen molar-refractivity contribution in [2.75, 3.05) is 24.7 Å². The van der Waals surface area contributed by atoms with Crippen molar-refractivity contribution in [1.29, 1.82) is 0 Å². The lowest BCUT2D eigenvalue weighted by molar-refractivity contribution is 0.0831. The van der Waals surface area contributed by atoms with Crippen molar-refractivity contribution < 1.29 is 9.59 Å². The Hall–Kier alpha value is -2.93. The molecule has 7 heteroatoms. The molecular weight excluding hydrogens is 336 g/mol. The number of anilines is 2. The van der Waals surface area contributed by atoms with E-state index in [1.54, 1.807) is 21.0 Å². The lowest BCUT2D eigenvalue weighted by atomic mass is 10.1. The van der Waals surface area contributed by atoms with Crippen molar-refractivity contribution in [2.45, 2.75) is 6.92 Å². The third-order valence-corrected chi connectivity index (χ3v) is 4.72. The molecule has 1 aromatic heterocycles. The molecule has 0 aliphatic rings. The molecule has 0 unspecified atom stereocenters. The summed E-state index contributed by atoms with van der Waals surface area (Å²) in [6, 6.07) is 13.1. The fourth-order valence-electron chi connectivity index (χ4n) is 2.44. The number of aromatic nitrogens is 1. The van der Waals surface area contributed by atoms with E-state index in [0.29, 0.717) is 21.4 Å². The molecular formula is C18H18N4O2S. The highest BCUT2D eigenvalue weighted by atomic mass is 32.1. The maximum absolute atomic E-state index is 12.3. The number of hydrogen-bond donors (Lipinski definition) is 2. The van der Waals surface area contributed by atoms with Gasteiger partial charge in [0.1, 0.15) is 4.88 Å². The maximum atomic E-state index is 12.3. The highest BCUT2D eigenvalue weighted by Gasteiger charge is 2.18. The van der Waals surface area contributed by atoms with Crippen LogP contribution in [-0.4, -0.2) is 35.9 Å². The van der Waals surface area contributed by atoms with Gasteiger partial charge in [0, 0.05) is 19.5 Å². The van der Waals surface area contributed by atoms with E-state index in [0.717, 1.165) is 22.1 Å². The van der Waals surface area contributed by atoms with Gasteiger partial charge < -0.3 is 10.2 Å². The van der Waals surface area contributed by atoms with Crippen LogP contribution in [0.5, 0.6) is 0 Å². The lowest BCUT2D eigenvalue weighted by Crippen LogP contribution is -2.21. The third kappa shape index (κ3) is 3.61. The zero-order chi connectivity index (χ0) is 18.0. The molecule has 0 atom stereocenters. The molecule has 0 fully saturated rings.